The van der Waals surface area contributed by atoms with Crippen LogP contribution in [0.5, 0.6) is 0 Å². The van der Waals surface area contributed by atoms with E-state index in [1.165, 1.54) is 0 Å². The number of H-pyrrole nitrogens is 2. The molecule has 16 nitrogen and oxygen atoms in total. The first kappa shape index (κ1) is 32.8. The quantitative estimate of drug-likeness (QED) is 0.0939. The number of hydrogen-bond acceptors (Lipinski definition) is 10. The van der Waals surface area contributed by atoms with Crippen LogP contribution in [0.1, 0.15) is 0 Å². The molecular weight excluding hydrogens is 736 g/mol. The predicted molar refractivity (Wildman–Crippen MR) is 188 cm³/mol. The van der Waals surface area contributed by atoms with Gasteiger partial charge in [0.25, 0.3) is 0 Å². The maximum absolute atomic E-state index is 10.2. The van der Waals surface area contributed by atoms with Crippen LogP contribution >= 0.6 is 0 Å². The molecule has 0 saturated heterocycles. The fourth-order valence-corrected chi connectivity index (χ4v) is 6.96. The summed E-state index contributed by atoms with van der Waals surface area (Å²) in [5.41, 5.74) is 6.45. The molecule has 9 rings (SSSR count). The van der Waals surface area contributed by atoms with Crippen molar-refractivity contribution in [3.63, 3.8) is 0 Å². The molecule has 6 N–H and O–H groups in total. The number of benzene rings is 4. The van der Waals surface area contributed by atoms with Crippen molar-refractivity contribution in [3.8, 4) is 45.6 Å². The second-order valence-electron chi connectivity index (χ2n) is 11.1. The average molecular weight is 758 g/mol. The second-order valence-corrected chi connectivity index (χ2v) is 14.1. The van der Waals surface area contributed by atoms with Crippen LogP contribution in [0.15, 0.2) is 97.1 Å². The Morgan fingerprint density at radius 1 is 0.377 bits per heavy atom. The molecule has 0 atom stereocenters. The molecule has 2 aliphatic heterocycles. The molecule has 7 aromatic rings. The Morgan fingerprint density at radius 2 is 0.604 bits per heavy atom. The minimum absolute atomic E-state index is 0.597. The summed E-state index contributed by atoms with van der Waals surface area (Å²) in [7, 11) is 0. The molecule has 0 spiro atoms. The molecule has 4 aromatic carbocycles. The van der Waals surface area contributed by atoms with Crippen LogP contribution in [0.4, 0.5) is 19.2 Å². The van der Waals surface area contributed by atoms with Crippen molar-refractivity contribution < 1.29 is 52.4 Å². The van der Waals surface area contributed by atoms with Crippen LogP contribution < -0.4 is 0 Å². The summed E-state index contributed by atoms with van der Waals surface area (Å²) < 4.78 is 0. The summed E-state index contributed by atoms with van der Waals surface area (Å²) in [5.74, 6) is 2.39. The summed E-state index contributed by atoms with van der Waals surface area (Å²) in [6.45, 7) is 0. The Labute approximate surface area is 297 Å². The minimum atomic E-state index is -4.74. The smallest absolute Gasteiger partial charge is 0.164 e. The molecule has 5 heterocycles. The first-order chi connectivity index (χ1) is 25.6. The third-order valence-electron chi connectivity index (χ3n) is 8.23. The van der Waals surface area contributed by atoms with Crippen molar-refractivity contribution in [2.24, 2.45) is 0 Å². The standard InChI is InChI=1S/C32H18N8.4CHO2.Cu/c1-2-10-18-17(9-1)25-33-26(18)38-28-21-13-5-6-14-22(21)30(35-28)40-32-24-16-8-7-15-23(24)31(36-32)39-29-20-12-4-3-11-19(20)27(34-29)37-25;4*2-1-3;/h1-16H,(H2,33,34,35,36,37,38,39,40);4*(H,2,3);. The van der Waals surface area contributed by atoms with Crippen molar-refractivity contribution >= 4 is 63.6 Å². The normalized spacial score (nSPS) is 11.9. The van der Waals surface area contributed by atoms with Gasteiger partial charge >= 0.3 is 71.9 Å². The number of aromatic amines is 2. The van der Waals surface area contributed by atoms with Crippen LogP contribution in [0.25, 0.3) is 89.7 Å². The number of carbonyl (C=O) groups is 4. The molecule has 8 bridgehead atoms. The van der Waals surface area contributed by atoms with Gasteiger partial charge in [0.15, 0.2) is 23.3 Å². The minimum Gasteiger partial charge on any atom is -0.324 e. The number of carboxylic acid groups (broad SMARTS) is 4. The van der Waals surface area contributed by atoms with E-state index < -0.39 is 32.3 Å². The van der Waals surface area contributed by atoms with E-state index in [1.807, 2.05) is 97.1 Å². The molecule has 0 unspecified atom stereocenters. The number of hydrogen-bond donors (Lipinski definition) is 6. The molecule has 3 aromatic heterocycles. The Morgan fingerprint density at radius 3 is 0.811 bits per heavy atom. The molecule has 0 radical (unpaired) electrons. The van der Waals surface area contributed by atoms with Gasteiger partial charge in [-0.1, -0.05) is 97.1 Å². The van der Waals surface area contributed by atoms with E-state index in [2.05, 4.69) is 9.97 Å². The Balaban J connectivity index is 0.000000266. The molecule has 265 valence electrons. The van der Waals surface area contributed by atoms with Crippen molar-refractivity contribution in [1.29, 1.82) is 0 Å². The third-order valence-corrected chi connectivity index (χ3v) is 10.7. The summed E-state index contributed by atoms with van der Waals surface area (Å²) >= 11 is -4.74. The Bertz CT molecular complexity index is 2520. The first-order valence-electron chi connectivity index (χ1n) is 15.3. The molecular formula is C36H22CuN8O8. The van der Waals surface area contributed by atoms with E-state index in [-0.39, 0.29) is 0 Å². The molecule has 17 heteroatoms. The van der Waals surface area contributed by atoms with Gasteiger partial charge in [0, 0.05) is 43.8 Å². The van der Waals surface area contributed by atoms with Crippen LogP contribution in [0, 0.1) is 0 Å². The molecule has 53 heavy (non-hydrogen) atoms. The van der Waals surface area contributed by atoms with Gasteiger partial charge in [0.2, 0.25) is 0 Å². The van der Waals surface area contributed by atoms with E-state index in [4.69, 9.17) is 50.3 Å². The van der Waals surface area contributed by atoms with E-state index >= 15 is 0 Å². The Hall–Kier alpha value is -7.36. The van der Waals surface area contributed by atoms with Crippen LogP contribution in [-0.4, -0.2) is 79.8 Å². The zero-order chi connectivity index (χ0) is 37.0. The topological polar surface area (TPSA) is 258 Å². The number of rotatable bonds is 4. The molecule has 2 aliphatic rings. The van der Waals surface area contributed by atoms with Gasteiger partial charge in [0.1, 0.15) is 22.6 Å². The predicted octanol–water partition coefficient (Wildman–Crippen LogP) is 7.72. The number of fused-ring (bicyclic) bond motifs is 20. The van der Waals surface area contributed by atoms with Crippen molar-refractivity contribution in [1.82, 2.24) is 39.9 Å². The number of aromatic nitrogens is 8. The SMILES string of the molecule is O=[C](O)[Cu]([C](=O)O)([C](=O)O)[C](=O)O.c1ccc2c(c1)-c1nc-2nc2[nH]c(nc3nc(nc4[nH]c(n1)c1ccccc41)-c1ccccc1-3)c1ccccc21. The van der Waals surface area contributed by atoms with Crippen LogP contribution in [0.2, 0.25) is 0 Å². The number of nitrogens with zero attached hydrogens (tertiary/aromatic N) is 6. The fraction of sp³-hybridized carbons (Fsp3) is 0. The second kappa shape index (κ2) is 12.4. The van der Waals surface area contributed by atoms with Crippen molar-refractivity contribution in [3.05, 3.63) is 97.1 Å². The van der Waals surface area contributed by atoms with Crippen LogP contribution in [-0.2, 0) is 12.8 Å². The monoisotopic (exact) mass is 757 g/mol. The maximum atomic E-state index is 10.2. The van der Waals surface area contributed by atoms with Crippen LogP contribution in [0.3, 0.4) is 0 Å². The summed E-state index contributed by atoms with van der Waals surface area (Å²) in [6, 6.07) is 32.2. The molecule has 0 fully saturated rings. The average Bonchev–Trinajstić information content (AvgIpc) is 3.87. The first-order valence-corrected chi connectivity index (χ1v) is 17.2. The van der Waals surface area contributed by atoms with E-state index in [9.17, 15) is 19.2 Å². The van der Waals surface area contributed by atoms with Gasteiger partial charge in [-0.2, -0.15) is 0 Å². The third kappa shape index (κ3) is 5.22. The maximum Gasteiger partial charge on any atom is 0.164 e. The molecule has 0 aliphatic carbocycles. The zero-order valence-electron chi connectivity index (χ0n) is 26.6. The van der Waals surface area contributed by atoms with Crippen molar-refractivity contribution in [2.45, 2.75) is 0 Å². The van der Waals surface area contributed by atoms with Gasteiger partial charge < -0.3 is 9.97 Å². The van der Waals surface area contributed by atoms with Gasteiger partial charge in [0.05, 0.1) is 0 Å². The summed E-state index contributed by atoms with van der Waals surface area (Å²) in [6.07, 6.45) is 0. The van der Waals surface area contributed by atoms with Gasteiger partial charge in [-0.05, 0) is 0 Å². The largest absolute Gasteiger partial charge is 0.324 e. The molecule has 0 amide bonds. The van der Waals surface area contributed by atoms with E-state index in [0.29, 0.717) is 45.9 Å². The zero-order valence-corrected chi connectivity index (χ0v) is 27.6. The van der Waals surface area contributed by atoms with E-state index in [1.54, 1.807) is 0 Å². The van der Waals surface area contributed by atoms with E-state index in [0.717, 1.165) is 43.8 Å². The number of nitrogens with one attached hydrogen (secondary N) is 2. The molecule has 0 saturated carbocycles. The van der Waals surface area contributed by atoms with Gasteiger partial charge in [-0.25, -0.2) is 29.9 Å². The Kier molecular flexibility index (Phi) is 7.71. The summed E-state index contributed by atoms with van der Waals surface area (Å²) in [5, 5.41) is 36.7. The van der Waals surface area contributed by atoms with Crippen molar-refractivity contribution in [2.75, 3.05) is 0 Å². The van der Waals surface area contributed by atoms with Gasteiger partial charge in [-0.3, -0.25) is 0 Å². The summed E-state index contributed by atoms with van der Waals surface area (Å²) in [4.78, 5) is 68.2. The van der Waals surface area contributed by atoms with Gasteiger partial charge in [-0.15, -0.1) is 0 Å². The fourth-order valence-electron chi connectivity index (χ4n) is 5.92.